The average Bonchev–Trinajstić information content (AvgIpc) is 2.50. The normalized spacial score (nSPS) is 9.93. The molecular weight excluding hydrogens is 238 g/mol. The van der Waals surface area contributed by atoms with E-state index in [2.05, 4.69) is 5.32 Å². The molecule has 0 fully saturated rings. The molecule has 0 aliphatic heterocycles. The number of carboxylic acid groups (broad SMARTS) is 1. The summed E-state index contributed by atoms with van der Waals surface area (Å²) in [6.45, 7) is 0.433. The van der Waals surface area contributed by atoms with Gasteiger partial charge in [-0.05, 0) is 18.6 Å². The first kappa shape index (κ1) is 12.0. The first-order valence-corrected chi connectivity index (χ1v) is 5.50. The van der Waals surface area contributed by atoms with E-state index in [0.29, 0.717) is 17.3 Å². The third-order valence-corrected chi connectivity index (χ3v) is 2.93. The quantitative estimate of drug-likeness (QED) is 0.776. The van der Waals surface area contributed by atoms with E-state index in [-0.39, 0.29) is 0 Å². The zero-order valence-electron chi connectivity index (χ0n) is 7.83. The molecular formula is C9H10ClNO3S. The number of carbonyl (C=O) groups excluding carboxylic acids is 1. The van der Waals surface area contributed by atoms with E-state index in [4.69, 9.17) is 16.7 Å². The van der Waals surface area contributed by atoms with Gasteiger partial charge in [0, 0.05) is 11.4 Å². The number of hydrogen-bond donors (Lipinski definition) is 2. The van der Waals surface area contributed by atoms with Crippen molar-refractivity contribution in [1.29, 1.82) is 0 Å². The maximum atomic E-state index is 10.9. The van der Waals surface area contributed by atoms with Crippen LogP contribution in [0.3, 0.4) is 0 Å². The summed E-state index contributed by atoms with van der Waals surface area (Å²) >= 11 is 7.18. The molecule has 1 rings (SSSR count). The molecule has 6 heteroatoms. The molecule has 0 unspecified atom stereocenters. The molecule has 4 nitrogen and oxygen atoms in total. The van der Waals surface area contributed by atoms with E-state index in [0.717, 1.165) is 4.88 Å². The second kappa shape index (κ2) is 5.72. The van der Waals surface area contributed by atoms with Crippen LogP contribution >= 0.6 is 22.9 Å². The van der Waals surface area contributed by atoms with Crippen molar-refractivity contribution < 1.29 is 14.7 Å². The number of rotatable bonds is 5. The first-order valence-electron chi connectivity index (χ1n) is 4.30. The van der Waals surface area contributed by atoms with Gasteiger partial charge in [0.15, 0.2) is 0 Å². The summed E-state index contributed by atoms with van der Waals surface area (Å²) in [5.41, 5.74) is 0. The number of thiophene rings is 1. The third-order valence-electron chi connectivity index (χ3n) is 1.63. The van der Waals surface area contributed by atoms with E-state index >= 15 is 0 Å². The fourth-order valence-corrected chi connectivity index (χ4v) is 2.10. The van der Waals surface area contributed by atoms with E-state index in [1.165, 1.54) is 11.3 Å². The van der Waals surface area contributed by atoms with Gasteiger partial charge in [-0.2, -0.15) is 0 Å². The van der Waals surface area contributed by atoms with Gasteiger partial charge in [-0.15, -0.1) is 11.3 Å². The molecule has 0 atom stereocenters. The Morgan fingerprint density at radius 3 is 2.73 bits per heavy atom. The van der Waals surface area contributed by atoms with Crippen molar-refractivity contribution in [3.63, 3.8) is 0 Å². The highest BCUT2D eigenvalue weighted by atomic mass is 35.5. The predicted octanol–water partition coefficient (Wildman–Crippen LogP) is 1.53. The number of carbonyl (C=O) groups is 2. The Bertz CT molecular complexity index is 364. The van der Waals surface area contributed by atoms with Gasteiger partial charge in [0.1, 0.15) is 6.42 Å². The number of halogens is 1. The first-order chi connectivity index (χ1) is 7.08. The zero-order valence-corrected chi connectivity index (χ0v) is 9.40. The molecule has 2 N–H and O–H groups in total. The molecule has 0 aliphatic carbocycles. The number of carboxylic acids is 1. The van der Waals surface area contributed by atoms with Crippen LogP contribution in [0.5, 0.6) is 0 Å². The van der Waals surface area contributed by atoms with Crippen LogP contribution in [0, 0.1) is 0 Å². The van der Waals surface area contributed by atoms with Gasteiger partial charge in [-0.3, -0.25) is 9.59 Å². The number of aliphatic carboxylic acids is 1. The van der Waals surface area contributed by atoms with Crippen LogP contribution in [-0.4, -0.2) is 23.5 Å². The van der Waals surface area contributed by atoms with Crippen LogP contribution in [0.2, 0.25) is 4.34 Å². The summed E-state index contributed by atoms with van der Waals surface area (Å²) in [6, 6.07) is 3.68. The van der Waals surface area contributed by atoms with Crippen LogP contribution in [0.1, 0.15) is 11.3 Å². The Kier molecular flexibility index (Phi) is 4.58. The van der Waals surface area contributed by atoms with Gasteiger partial charge in [0.05, 0.1) is 4.34 Å². The van der Waals surface area contributed by atoms with Crippen LogP contribution in [0.25, 0.3) is 0 Å². The minimum absolute atomic E-state index is 0.433. The monoisotopic (exact) mass is 247 g/mol. The Balaban J connectivity index is 2.22. The Hall–Kier alpha value is -1.07. The molecule has 0 spiro atoms. The SMILES string of the molecule is O=C(O)CC(=O)NCCc1ccc(Cl)s1. The van der Waals surface area contributed by atoms with E-state index in [9.17, 15) is 9.59 Å². The highest BCUT2D eigenvalue weighted by molar-refractivity contribution is 7.16. The van der Waals surface area contributed by atoms with Crippen LogP contribution in [0.15, 0.2) is 12.1 Å². The average molecular weight is 248 g/mol. The topological polar surface area (TPSA) is 66.4 Å². The summed E-state index contributed by atoms with van der Waals surface area (Å²) in [6.07, 6.45) is 0.188. The molecule has 0 aromatic carbocycles. The van der Waals surface area contributed by atoms with E-state index in [1.807, 2.05) is 6.07 Å². The van der Waals surface area contributed by atoms with Gasteiger partial charge in [-0.1, -0.05) is 11.6 Å². The van der Waals surface area contributed by atoms with Gasteiger partial charge in [0.25, 0.3) is 0 Å². The highest BCUT2D eigenvalue weighted by Gasteiger charge is 2.06. The number of amides is 1. The molecule has 1 aromatic rings. The van der Waals surface area contributed by atoms with Crippen molar-refractivity contribution in [3.8, 4) is 0 Å². The maximum absolute atomic E-state index is 10.9. The van der Waals surface area contributed by atoms with Gasteiger partial charge in [0.2, 0.25) is 5.91 Å². The van der Waals surface area contributed by atoms with Crippen LogP contribution < -0.4 is 5.32 Å². The molecule has 0 aliphatic rings. The molecule has 1 aromatic heterocycles. The number of hydrogen-bond acceptors (Lipinski definition) is 3. The Morgan fingerprint density at radius 1 is 1.47 bits per heavy atom. The standard InChI is InChI=1S/C9H10ClNO3S/c10-7-2-1-6(15-7)3-4-11-8(12)5-9(13)14/h1-2H,3-5H2,(H,11,12)(H,13,14). The maximum Gasteiger partial charge on any atom is 0.312 e. The molecule has 0 saturated carbocycles. The van der Waals surface area contributed by atoms with Gasteiger partial charge in [-0.25, -0.2) is 0 Å². The molecule has 1 heterocycles. The van der Waals surface area contributed by atoms with E-state index in [1.54, 1.807) is 6.07 Å². The summed E-state index contributed by atoms with van der Waals surface area (Å²) in [5, 5.41) is 10.8. The van der Waals surface area contributed by atoms with Crippen molar-refractivity contribution >= 4 is 34.8 Å². The fourth-order valence-electron chi connectivity index (χ4n) is 1.01. The van der Waals surface area contributed by atoms with Crippen molar-refractivity contribution in [3.05, 3.63) is 21.3 Å². The lowest BCUT2D eigenvalue weighted by Crippen LogP contribution is -2.27. The smallest absolute Gasteiger partial charge is 0.312 e. The van der Waals surface area contributed by atoms with Crippen molar-refractivity contribution in [1.82, 2.24) is 5.32 Å². The Labute approximate surface area is 95.9 Å². The fraction of sp³-hybridized carbons (Fsp3) is 0.333. The summed E-state index contributed by atoms with van der Waals surface area (Å²) in [7, 11) is 0. The van der Waals surface area contributed by atoms with Crippen molar-refractivity contribution in [2.24, 2.45) is 0 Å². The van der Waals surface area contributed by atoms with Gasteiger partial charge >= 0.3 is 5.97 Å². The molecule has 0 saturated heterocycles. The largest absolute Gasteiger partial charge is 0.481 e. The second-order valence-corrected chi connectivity index (χ2v) is 4.68. The minimum atomic E-state index is -1.12. The molecule has 1 amide bonds. The summed E-state index contributed by atoms with van der Waals surface area (Å²) in [4.78, 5) is 22.2. The summed E-state index contributed by atoms with van der Waals surface area (Å²) in [5.74, 6) is -1.59. The molecule has 0 radical (unpaired) electrons. The minimum Gasteiger partial charge on any atom is -0.481 e. The third kappa shape index (κ3) is 4.80. The van der Waals surface area contributed by atoms with E-state index < -0.39 is 18.3 Å². The van der Waals surface area contributed by atoms with Crippen LogP contribution in [-0.2, 0) is 16.0 Å². The highest BCUT2D eigenvalue weighted by Crippen LogP contribution is 2.21. The number of nitrogens with one attached hydrogen (secondary N) is 1. The zero-order chi connectivity index (χ0) is 11.3. The van der Waals surface area contributed by atoms with Crippen LogP contribution in [0.4, 0.5) is 0 Å². The Morgan fingerprint density at radius 2 is 2.20 bits per heavy atom. The molecule has 0 bridgehead atoms. The van der Waals surface area contributed by atoms with Crippen molar-refractivity contribution in [2.45, 2.75) is 12.8 Å². The molecule has 15 heavy (non-hydrogen) atoms. The summed E-state index contributed by atoms with van der Waals surface area (Å²) < 4.78 is 0.710. The van der Waals surface area contributed by atoms with Gasteiger partial charge < -0.3 is 10.4 Å². The molecule has 82 valence electrons. The predicted molar refractivity (Wildman–Crippen MR) is 58.3 cm³/mol. The van der Waals surface area contributed by atoms with Crippen molar-refractivity contribution in [2.75, 3.05) is 6.54 Å². The lowest BCUT2D eigenvalue weighted by molar-refractivity contribution is -0.140. The lowest BCUT2D eigenvalue weighted by Gasteiger charge is -2.01. The lowest BCUT2D eigenvalue weighted by atomic mass is 10.3. The second-order valence-electron chi connectivity index (χ2n) is 2.88.